The normalized spacial score (nSPS) is 37.7. The van der Waals surface area contributed by atoms with Crippen molar-refractivity contribution in [1.29, 1.82) is 0 Å². The Bertz CT molecular complexity index is 1180. The van der Waals surface area contributed by atoms with Crippen molar-refractivity contribution in [3.63, 3.8) is 0 Å². The largest absolute Gasteiger partial charge is 0.342 e. The van der Waals surface area contributed by atoms with Crippen LogP contribution in [0.3, 0.4) is 0 Å². The van der Waals surface area contributed by atoms with Gasteiger partial charge in [-0.2, -0.15) is 0 Å². The van der Waals surface area contributed by atoms with Crippen LogP contribution in [0.15, 0.2) is 42.5 Å². The number of piperidine rings is 1. The minimum Gasteiger partial charge on any atom is -0.342 e. The van der Waals surface area contributed by atoms with Gasteiger partial charge in [-0.3, -0.25) is 4.79 Å². The number of nitrogens with zero attached hydrogens (tertiary/aromatic N) is 1. The molecule has 2 N–H and O–H groups in total. The molecule has 1 heterocycles. The smallest absolute Gasteiger partial charge is 0.319 e. The Labute approximate surface area is 215 Å². The van der Waals surface area contributed by atoms with Crippen LogP contribution in [0.25, 0.3) is 10.8 Å². The van der Waals surface area contributed by atoms with E-state index in [1.165, 1.54) is 37.5 Å². The van der Waals surface area contributed by atoms with Crippen LogP contribution in [-0.2, 0) is 4.79 Å². The molecular formula is C31H41N3O2. The van der Waals surface area contributed by atoms with E-state index in [0.29, 0.717) is 29.7 Å². The van der Waals surface area contributed by atoms with Gasteiger partial charge in [0.15, 0.2) is 0 Å². The van der Waals surface area contributed by atoms with Crippen molar-refractivity contribution >= 4 is 28.4 Å². The molecule has 5 heteroatoms. The van der Waals surface area contributed by atoms with E-state index in [-0.39, 0.29) is 11.4 Å². The summed E-state index contributed by atoms with van der Waals surface area (Å²) in [4.78, 5) is 27.3. The van der Waals surface area contributed by atoms with Crippen molar-refractivity contribution in [1.82, 2.24) is 10.2 Å². The van der Waals surface area contributed by atoms with E-state index in [4.69, 9.17) is 0 Å². The molecule has 5 nitrogen and oxygen atoms in total. The molecule has 1 saturated heterocycles. The maximum atomic E-state index is 12.8. The van der Waals surface area contributed by atoms with Crippen LogP contribution in [0.4, 0.5) is 10.5 Å². The van der Waals surface area contributed by atoms with E-state index in [0.717, 1.165) is 48.2 Å². The highest BCUT2D eigenvalue weighted by atomic mass is 16.2. The van der Waals surface area contributed by atoms with Gasteiger partial charge in [-0.15, -0.1) is 0 Å². The van der Waals surface area contributed by atoms with Gasteiger partial charge in [0.05, 0.1) is 0 Å². The number of likely N-dealkylation sites (tertiary alicyclic amines) is 1. The number of anilines is 1. The number of nitrogens with one attached hydrogen (secondary N) is 2. The molecule has 3 aliphatic carbocycles. The van der Waals surface area contributed by atoms with Crippen molar-refractivity contribution in [2.45, 2.75) is 71.3 Å². The fourth-order valence-corrected chi connectivity index (χ4v) is 9.25. The van der Waals surface area contributed by atoms with Crippen LogP contribution in [0.1, 0.15) is 65.2 Å². The lowest BCUT2D eigenvalue weighted by Crippen LogP contribution is -2.61. The number of carbonyl (C=O) groups excluding carboxylic acids is 2. The Kier molecular flexibility index (Phi) is 5.81. The average Bonchev–Trinajstić information content (AvgIpc) is 3.21. The number of fused-ring (bicyclic) bond motifs is 6. The van der Waals surface area contributed by atoms with Gasteiger partial charge in [0.25, 0.3) is 0 Å². The van der Waals surface area contributed by atoms with Gasteiger partial charge < -0.3 is 15.5 Å². The first kappa shape index (κ1) is 23.8. The molecule has 4 fully saturated rings. The van der Waals surface area contributed by atoms with E-state index in [9.17, 15) is 9.59 Å². The summed E-state index contributed by atoms with van der Waals surface area (Å²) in [5, 5.41) is 8.58. The molecule has 0 aromatic heterocycles. The fourth-order valence-electron chi connectivity index (χ4n) is 9.25. The first-order chi connectivity index (χ1) is 17.3. The van der Waals surface area contributed by atoms with Crippen molar-refractivity contribution < 1.29 is 9.59 Å². The van der Waals surface area contributed by atoms with Gasteiger partial charge in [-0.05, 0) is 102 Å². The molecule has 192 valence electrons. The maximum absolute atomic E-state index is 12.8. The Morgan fingerprint density at radius 2 is 1.72 bits per heavy atom. The number of amides is 3. The van der Waals surface area contributed by atoms with Crippen LogP contribution < -0.4 is 10.6 Å². The van der Waals surface area contributed by atoms with Crippen LogP contribution in [-0.4, -0.2) is 36.5 Å². The summed E-state index contributed by atoms with van der Waals surface area (Å²) in [6, 6.07) is 14.6. The summed E-state index contributed by atoms with van der Waals surface area (Å²) in [7, 11) is 2.04. The topological polar surface area (TPSA) is 61.4 Å². The molecule has 3 saturated carbocycles. The zero-order chi connectivity index (χ0) is 25.1. The van der Waals surface area contributed by atoms with Crippen LogP contribution in [0.2, 0.25) is 0 Å². The summed E-state index contributed by atoms with van der Waals surface area (Å²) in [5.41, 5.74) is 1.41. The third kappa shape index (κ3) is 3.72. The van der Waals surface area contributed by atoms with Gasteiger partial charge in [-0.25, -0.2) is 4.79 Å². The van der Waals surface area contributed by atoms with Gasteiger partial charge >= 0.3 is 6.03 Å². The molecule has 0 unspecified atom stereocenters. The molecule has 0 spiro atoms. The molecule has 0 bridgehead atoms. The number of carbonyl (C=O) groups is 2. The summed E-state index contributed by atoms with van der Waals surface area (Å²) in [6.07, 6.45) is 9.20. The van der Waals surface area contributed by atoms with Gasteiger partial charge in [0, 0.05) is 31.7 Å². The Hall–Kier alpha value is -2.56. The number of hydrogen-bond acceptors (Lipinski definition) is 2. The highest BCUT2D eigenvalue weighted by Gasteiger charge is 2.60. The summed E-state index contributed by atoms with van der Waals surface area (Å²) in [6.45, 7) is 5.76. The molecule has 2 aromatic carbocycles. The quantitative estimate of drug-likeness (QED) is 0.523. The molecule has 7 atom stereocenters. The lowest BCUT2D eigenvalue weighted by atomic mass is 9.47. The second-order valence-corrected chi connectivity index (χ2v) is 12.7. The Morgan fingerprint density at radius 1 is 0.944 bits per heavy atom. The number of rotatable bonds is 3. The molecule has 3 amide bonds. The van der Waals surface area contributed by atoms with Crippen molar-refractivity contribution in [3.05, 3.63) is 42.5 Å². The monoisotopic (exact) mass is 487 g/mol. The average molecular weight is 488 g/mol. The molecule has 6 rings (SSSR count). The number of hydrogen-bond donors (Lipinski definition) is 2. The lowest BCUT2D eigenvalue weighted by Gasteiger charge is -2.61. The predicted molar refractivity (Wildman–Crippen MR) is 145 cm³/mol. The van der Waals surface area contributed by atoms with Crippen molar-refractivity contribution in [2.75, 3.05) is 18.9 Å². The predicted octanol–water partition coefficient (Wildman–Crippen LogP) is 6.44. The maximum Gasteiger partial charge on any atom is 0.319 e. The van der Waals surface area contributed by atoms with Crippen molar-refractivity contribution in [3.8, 4) is 0 Å². The Balaban J connectivity index is 1.10. The summed E-state index contributed by atoms with van der Waals surface area (Å²) < 4.78 is 0. The second-order valence-electron chi connectivity index (χ2n) is 12.7. The van der Waals surface area contributed by atoms with Crippen molar-refractivity contribution in [2.24, 2.45) is 34.5 Å². The van der Waals surface area contributed by atoms with Crippen LogP contribution in [0, 0.1) is 34.5 Å². The highest BCUT2D eigenvalue weighted by molar-refractivity contribution is 5.93. The molecule has 2 aromatic rings. The SMILES string of the molecule is CN1C(=O)CC[C@]2(C)[C@H]3CC[C@]4(C)[C@@H](CNC(=O)Nc5ccc6ccccc6c5)CC[C@H]4[C@@H]3CC[C@@H]12. The first-order valence-corrected chi connectivity index (χ1v) is 14.1. The zero-order valence-corrected chi connectivity index (χ0v) is 22.1. The minimum absolute atomic E-state index is 0.103. The Morgan fingerprint density at radius 3 is 2.56 bits per heavy atom. The first-order valence-electron chi connectivity index (χ1n) is 14.1. The molecule has 1 aliphatic heterocycles. The van der Waals surface area contributed by atoms with E-state index < -0.39 is 0 Å². The van der Waals surface area contributed by atoms with Crippen LogP contribution >= 0.6 is 0 Å². The third-order valence-corrected chi connectivity index (χ3v) is 11.3. The molecular weight excluding hydrogens is 446 g/mol. The van der Waals surface area contributed by atoms with E-state index in [2.05, 4.69) is 47.6 Å². The van der Waals surface area contributed by atoms with E-state index >= 15 is 0 Å². The van der Waals surface area contributed by atoms with E-state index in [1.54, 1.807) is 0 Å². The van der Waals surface area contributed by atoms with E-state index in [1.807, 2.05) is 31.3 Å². The number of urea groups is 1. The standard InChI is InChI=1S/C31H41N3O2/c1-30-16-14-26-24(11-13-27-31(26,2)17-15-28(35)34(27)3)25(30)12-9-22(30)19-32-29(36)33-23-10-8-20-6-4-5-7-21(20)18-23/h4-8,10,18,22,24-27H,9,11-17,19H2,1-3H3,(H2,32,33,36)/t22-,24+,25+,26+,27-,30-,31-/m1/s1. The number of benzene rings is 2. The highest BCUT2D eigenvalue weighted by Crippen LogP contribution is 2.66. The molecule has 0 radical (unpaired) electrons. The fraction of sp³-hybridized carbons (Fsp3) is 0.613. The molecule has 36 heavy (non-hydrogen) atoms. The summed E-state index contributed by atoms with van der Waals surface area (Å²) in [5.74, 6) is 3.11. The zero-order valence-electron chi connectivity index (χ0n) is 22.1. The minimum atomic E-state index is -0.103. The lowest BCUT2D eigenvalue weighted by molar-refractivity contribution is -0.158. The van der Waals surface area contributed by atoms with Gasteiger partial charge in [-0.1, -0.05) is 44.2 Å². The van der Waals surface area contributed by atoms with Crippen LogP contribution in [0.5, 0.6) is 0 Å². The summed E-state index contributed by atoms with van der Waals surface area (Å²) >= 11 is 0. The third-order valence-electron chi connectivity index (χ3n) is 11.3. The molecule has 4 aliphatic rings. The van der Waals surface area contributed by atoms with Gasteiger partial charge in [0.1, 0.15) is 0 Å². The van der Waals surface area contributed by atoms with Gasteiger partial charge in [0.2, 0.25) is 5.91 Å². The second kappa shape index (κ2) is 8.78.